The Kier molecular flexibility index (Phi) is 11.8. The number of nitrogens with two attached hydrogens (primary N) is 1. The van der Waals surface area contributed by atoms with Crippen LogP contribution in [0, 0.1) is 5.92 Å². The number of hydrogen-bond donors (Lipinski definition) is 8. The number of carboxylic acids is 2. The zero-order chi connectivity index (χ0) is 26.7. The third-order valence-corrected chi connectivity index (χ3v) is 5.50. The second-order valence-electron chi connectivity index (χ2n) is 8.31. The smallest absolute Gasteiger partial charge is 0.326 e. The number of aliphatic carboxylic acids is 2. The van der Waals surface area contributed by atoms with E-state index in [0.717, 1.165) is 0 Å². The van der Waals surface area contributed by atoms with Gasteiger partial charge in [0.25, 0.3) is 0 Å². The molecule has 14 nitrogen and oxygen atoms in total. The average molecular weight is 499 g/mol. The topological polar surface area (TPSA) is 237 Å². The van der Waals surface area contributed by atoms with E-state index in [0.29, 0.717) is 12.1 Å². The van der Waals surface area contributed by atoms with Crippen molar-refractivity contribution in [1.82, 2.24) is 25.9 Å². The van der Waals surface area contributed by atoms with Crippen molar-refractivity contribution in [3.63, 3.8) is 0 Å². The number of nitrogens with zero attached hydrogens (tertiary/aromatic N) is 1. The van der Waals surface area contributed by atoms with Gasteiger partial charge in [-0.25, -0.2) is 9.78 Å². The number of carbonyl (C=O) groups excluding carboxylic acids is 3. The van der Waals surface area contributed by atoms with E-state index in [2.05, 4.69) is 25.9 Å². The van der Waals surface area contributed by atoms with Crippen LogP contribution < -0.4 is 21.7 Å². The highest BCUT2D eigenvalue weighted by Gasteiger charge is 2.33. The molecule has 0 radical (unpaired) electrons. The zero-order valence-corrected chi connectivity index (χ0v) is 19.9. The molecule has 0 bridgehead atoms. The maximum absolute atomic E-state index is 12.9. The van der Waals surface area contributed by atoms with E-state index in [-0.39, 0.29) is 18.8 Å². The molecule has 1 rings (SSSR count). The van der Waals surface area contributed by atoms with E-state index in [1.54, 1.807) is 6.92 Å². The summed E-state index contributed by atoms with van der Waals surface area (Å²) < 4.78 is 0. The molecule has 1 aromatic rings. The molecule has 0 saturated heterocycles. The lowest BCUT2D eigenvalue weighted by molar-refractivity contribution is -0.143. The Bertz CT molecular complexity index is 875. The molecule has 0 fully saturated rings. The van der Waals surface area contributed by atoms with Crippen LogP contribution in [0.15, 0.2) is 12.5 Å². The second-order valence-corrected chi connectivity index (χ2v) is 8.31. The van der Waals surface area contributed by atoms with Crippen LogP contribution in [0.4, 0.5) is 0 Å². The fourth-order valence-corrected chi connectivity index (χ4v) is 3.05. The predicted octanol–water partition coefficient (Wildman–Crippen LogP) is -1.89. The normalized spacial score (nSPS) is 16.1. The number of amides is 3. The van der Waals surface area contributed by atoms with Gasteiger partial charge in [0, 0.05) is 24.7 Å². The van der Waals surface area contributed by atoms with Crippen LogP contribution in [-0.2, 0) is 30.4 Å². The zero-order valence-electron chi connectivity index (χ0n) is 19.9. The summed E-state index contributed by atoms with van der Waals surface area (Å²) in [4.78, 5) is 67.2. The Morgan fingerprint density at radius 2 is 1.66 bits per heavy atom. The van der Waals surface area contributed by atoms with Crippen LogP contribution in [0.1, 0.15) is 45.7 Å². The first-order valence-electron chi connectivity index (χ1n) is 11.1. The number of hydrogen-bond acceptors (Lipinski definition) is 8. The summed E-state index contributed by atoms with van der Waals surface area (Å²) in [5.41, 5.74) is 6.32. The fraction of sp³-hybridized carbons (Fsp3) is 0.619. The van der Waals surface area contributed by atoms with E-state index in [4.69, 9.17) is 10.8 Å². The number of rotatable bonds is 15. The maximum Gasteiger partial charge on any atom is 0.326 e. The first-order valence-corrected chi connectivity index (χ1v) is 11.1. The van der Waals surface area contributed by atoms with Crippen molar-refractivity contribution in [2.75, 3.05) is 0 Å². The fourth-order valence-electron chi connectivity index (χ4n) is 3.05. The minimum atomic E-state index is -1.58. The molecule has 0 aliphatic rings. The summed E-state index contributed by atoms with van der Waals surface area (Å²) in [6.07, 6.45) is 0.975. The molecule has 0 aromatic carbocycles. The van der Waals surface area contributed by atoms with E-state index >= 15 is 0 Å². The van der Waals surface area contributed by atoms with Gasteiger partial charge in [-0.15, -0.1) is 0 Å². The highest BCUT2D eigenvalue weighted by molar-refractivity contribution is 5.94. The van der Waals surface area contributed by atoms with Crippen LogP contribution in [0.2, 0.25) is 0 Å². The molecule has 0 spiro atoms. The number of aliphatic hydroxyl groups excluding tert-OH is 1. The van der Waals surface area contributed by atoms with Gasteiger partial charge in [0.15, 0.2) is 0 Å². The Hall–Kier alpha value is -3.52. The van der Waals surface area contributed by atoms with Gasteiger partial charge in [-0.05, 0) is 19.3 Å². The van der Waals surface area contributed by atoms with Gasteiger partial charge in [-0.3, -0.25) is 19.2 Å². The number of carboxylic acid groups (broad SMARTS) is 2. The highest BCUT2D eigenvalue weighted by Crippen LogP contribution is 2.08. The second kappa shape index (κ2) is 14.0. The molecule has 14 heteroatoms. The van der Waals surface area contributed by atoms with Crippen molar-refractivity contribution >= 4 is 29.7 Å². The molecular formula is C21H34N6O8. The van der Waals surface area contributed by atoms with Crippen LogP contribution in [0.25, 0.3) is 0 Å². The van der Waals surface area contributed by atoms with Crippen molar-refractivity contribution in [3.8, 4) is 0 Å². The standard InChI is InChI=1S/C21H34N6O8/c1-4-10(2)16(22)19(32)25-13(5-6-15(29)30)18(31)27-17(11(3)28)20(33)26-14(21(34)35)7-12-8-23-9-24-12/h8-11,13-14,16-17,28H,4-7,22H2,1-3H3,(H,23,24)(H,25,32)(H,26,33)(H,27,31)(H,29,30)(H,34,35). The lowest BCUT2D eigenvalue weighted by Crippen LogP contribution is -2.60. The molecule has 0 aliphatic carbocycles. The first kappa shape index (κ1) is 29.5. The number of aromatic amines is 1. The number of aliphatic hydroxyl groups is 1. The number of aromatic nitrogens is 2. The van der Waals surface area contributed by atoms with Crippen molar-refractivity contribution < 1.29 is 39.3 Å². The van der Waals surface area contributed by atoms with Gasteiger partial charge in [-0.2, -0.15) is 0 Å². The molecule has 0 saturated carbocycles. The molecule has 196 valence electrons. The van der Waals surface area contributed by atoms with E-state index in [9.17, 15) is 34.2 Å². The summed E-state index contributed by atoms with van der Waals surface area (Å²) in [7, 11) is 0. The molecule has 3 amide bonds. The summed E-state index contributed by atoms with van der Waals surface area (Å²) in [6.45, 7) is 4.78. The van der Waals surface area contributed by atoms with Crippen LogP contribution in [-0.4, -0.2) is 85.2 Å². The molecule has 6 atom stereocenters. The molecule has 1 aromatic heterocycles. The largest absolute Gasteiger partial charge is 0.481 e. The Balaban J connectivity index is 2.97. The highest BCUT2D eigenvalue weighted by atomic mass is 16.4. The molecule has 35 heavy (non-hydrogen) atoms. The lowest BCUT2D eigenvalue weighted by Gasteiger charge is -2.27. The molecule has 6 unspecified atom stereocenters. The van der Waals surface area contributed by atoms with E-state index < -0.39 is 66.4 Å². The van der Waals surface area contributed by atoms with E-state index in [1.165, 1.54) is 19.4 Å². The van der Waals surface area contributed by atoms with Crippen LogP contribution in [0.3, 0.4) is 0 Å². The minimum absolute atomic E-state index is 0.133. The summed E-state index contributed by atoms with van der Waals surface area (Å²) in [5.74, 6) is -5.37. The van der Waals surface area contributed by atoms with Crippen molar-refractivity contribution in [1.29, 1.82) is 0 Å². The predicted molar refractivity (Wildman–Crippen MR) is 122 cm³/mol. The van der Waals surface area contributed by atoms with Gasteiger partial charge in [0.2, 0.25) is 17.7 Å². The van der Waals surface area contributed by atoms with Gasteiger partial charge >= 0.3 is 11.9 Å². The summed E-state index contributed by atoms with van der Waals surface area (Å²) >= 11 is 0. The monoisotopic (exact) mass is 498 g/mol. The van der Waals surface area contributed by atoms with Crippen LogP contribution >= 0.6 is 0 Å². The van der Waals surface area contributed by atoms with Crippen molar-refractivity contribution in [2.24, 2.45) is 11.7 Å². The van der Waals surface area contributed by atoms with Gasteiger partial charge in [-0.1, -0.05) is 20.3 Å². The first-order chi connectivity index (χ1) is 16.4. The maximum atomic E-state index is 12.9. The average Bonchev–Trinajstić information content (AvgIpc) is 3.30. The number of H-pyrrole nitrogens is 1. The Morgan fingerprint density at radius 3 is 2.14 bits per heavy atom. The van der Waals surface area contributed by atoms with Gasteiger partial charge < -0.3 is 42.0 Å². The van der Waals surface area contributed by atoms with Gasteiger partial charge in [0.05, 0.1) is 18.5 Å². The third kappa shape index (κ3) is 9.70. The quantitative estimate of drug-likeness (QED) is 0.134. The van der Waals surface area contributed by atoms with E-state index in [1.807, 2.05) is 6.92 Å². The Labute approximate surface area is 202 Å². The number of imidazole rings is 1. The van der Waals surface area contributed by atoms with Crippen molar-refractivity contribution in [2.45, 2.75) is 76.7 Å². The van der Waals surface area contributed by atoms with Crippen LogP contribution in [0.5, 0.6) is 0 Å². The molecular weight excluding hydrogens is 464 g/mol. The SMILES string of the molecule is CCC(C)C(N)C(=O)NC(CCC(=O)O)C(=O)NC(C(=O)NC(Cc1cnc[nH]1)C(=O)O)C(C)O. The third-order valence-electron chi connectivity index (χ3n) is 5.50. The van der Waals surface area contributed by atoms with Gasteiger partial charge in [0.1, 0.15) is 18.1 Å². The molecule has 1 heterocycles. The number of nitrogens with one attached hydrogen (secondary N) is 4. The lowest BCUT2D eigenvalue weighted by atomic mass is 9.98. The van der Waals surface area contributed by atoms with Crippen molar-refractivity contribution in [3.05, 3.63) is 18.2 Å². The molecule has 0 aliphatic heterocycles. The summed E-state index contributed by atoms with van der Waals surface area (Å²) in [5, 5.41) is 35.4. The molecule has 9 N–H and O–H groups in total. The summed E-state index contributed by atoms with van der Waals surface area (Å²) in [6, 6.07) is -5.28. The minimum Gasteiger partial charge on any atom is -0.481 e. The number of carbonyl (C=O) groups is 5. The Morgan fingerprint density at radius 1 is 1.03 bits per heavy atom.